The lowest BCUT2D eigenvalue weighted by Crippen LogP contribution is -2.58. The quantitative estimate of drug-likeness (QED) is 0.523. The lowest BCUT2D eigenvalue weighted by atomic mass is 9.79. The Morgan fingerprint density at radius 2 is 1.96 bits per heavy atom. The summed E-state index contributed by atoms with van der Waals surface area (Å²) < 4.78 is 10.6. The zero-order chi connectivity index (χ0) is 17.1. The van der Waals surface area contributed by atoms with E-state index in [1.165, 1.54) is 6.26 Å². The molecule has 7 nitrogen and oxygen atoms in total. The Labute approximate surface area is 135 Å². The minimum absolute atomic E-state index is 0.176. The number of hydrogen-bond donors (Lipinski definition) is 4. The van der Waals surface area contributed by atoms with E-state index in [4.69, 9.17) is 14.6 Å². The molecule has 0 spiro atoms. The Bertz CT molecular complexity index is 448. The highest BCUT2D eigenvalue weighted by Crippen LogP contribution is 2.31. The second-order valence-electron chi connectivity index (χ2n) is 6.60. The van der Waals surface area contributed by atoms with Gasteiger partial charge in [-0.3, -0.25) is 4.79 Å². The first-order chi connectivity index (χ1) is 10.8. The fraction of sp³-hybridized carbons (Fsp3) is 0.812. The molecule has 1 saturated heterocycles. The monoisotopic (exact) mass is 330 g/mol. The normalized spacial score (nSPS) is 42.6. The lowest BCUT2D eigenvalue weighted by molar-refractivity contribution is -0.288. The number of carbonyl (C=O) groups is 1. The Morgan fingerprint density at radius 1 is 1.26 bits per heavy atom. The van der Waals surface area contributed by atoms with Crippen LogP contribution in [0.3, 0.4) is 0 Å². The van der Waals surface area contributed by atoms with Crippen LogP contribution in [0.15, 0.2) is 11.8 Å². The average Bonchev–Trinajstić information content (AvgIpc) is 2.51. The molecule has 0 unspecified atom stereocenters. The molecule has 132 valence electrons. The first-order valence-corrected chi connectivity index (χ1v) is 8.00. The lowest BCUT2D eigenvalue weighted by Gasteiger charge is -2.39. The van der Waals surface area contributed by atoms with Crippen molar-refractivity contribution < 1.29 is 34.7 Å². The molecule has 0 aromatic heterocycles. The largest absolute Gasteiger partial charge is 0.470 e. The van der Waals surface area contributed by atoms with Crippen LogP contribution in [0.4, 0.5) is 0 Å². The summed E-state index contributed by atoms with van der Waals surface area (Å²) in [5.41, 5.74) is 0.735. The van der Waals surface area contributed by atoms with Crippen LogP contribution in [-0.4, -0.2) is 63.5 Å². The van der Waals surface area contributed by atoms with E-state index in [9.17, 15) is 20.1 Å². The van der Waals surface area contributed by atoms with Crippen molar-refractivity contribution in [2.24, 2.45) is 11.8 Å². The third-order valence-corrected chi connectivity index (χ3v) is 4.67. The van der Waals surface area contributed by atoms with Crippen molar-refractivity contribution in [2.45, 2.75) is 63.8 Å². The van der Waals surface area contributed by atoms with Crippen LogP contribution in [0.5, 0.6) is 0 Å². The van der Waals surface area contributed by atoms with Crippen LogP contribution >= 0.6 is 0 Å². The first-order valence-electron chi connectivity index (χ1n) is 8.00. The molecule has 0 aromatic carbocycles. The Kier molecular flexibility index (Phi) is 6.16. The molecule has 1 aliphatic heterocycles. The molecular formula is C16H26O7. The maximum Gasteiger partial charge on any atom is 0.228 e. The van der Waals surface area contributed by atoms with Crippen LogP contribution in [-0.2, 0) is 14.3 Å². The summed E-state index contributed by atoms with van der Waals surface area (Å²) >= 11 is 0. The molecular weight excluding hydrogens is 304 g/mol. The van der Waals surface area contributed by atoms with Gasteiger partial charge in [0.2, 0.25) is 6.29 Å². The summed E-state index contributed by atoms with van der Waals surface area (Å²) in [7, 11) is 0. The molecule has 0 bridgehead atoms. The highest BCUT2D eigenvalue weighted by Gasteiger charge is 2.44. The fourth-order valence-corrected chi connectivity index (χ4v) is 3.12. The average molecular weight is 330 g/mol. The zero-order valence-electron chi connectivity index (χ0n) is 13.5. The Hall–Kier alpha value is -0.990. The van der Waals surface area contributed by atoms with E-state index in [1.807, 2.05) is 0 Å². The van der Waals surface area contributed by atoms with Crippen molar-refractivity contribution >= 4 is 5.78 Å². The van der Waals surface area contributed by atoms with Gasteiger partial charge in [0.15, 0.2) is 0 Å². The smallest absolute Gasteiger partial charge is 0.228 e. The molecule has 4 N–H and O–H groups in total. The maximum atomic E-state index is 12.1. The predicted molar refractivity (Wildman–Crippen MR) is 80.1 cm³/mol. The number of allylic oxidation sites excluding steroid dienone is 1. The number of aliphatic hydroxyl groups is 4. The van der Waals surface area contributed by atoms with Gasteiger partial charge in [0.1, 0.15) is 30.2 Å². The van der Waals surface area contributed by atoms with Gasteiger partial charge in [0.25, 0.3) is 0 Å². The number of rotatable bonds is 4. The number of ketones is 1. The van der Waals surface area contributed by atoms with E-state index in [2.05, 4.69) is 6.92 Å². The predicted octanol–water partition coefficient (Wildman–Crippen LogP) is -0.288. The molecule has 1 heterocycles. The summed E-state index contributed by atoms with van der Waals surface area (Å²) in [5, 5.41) is 38.4. The Morgan fingerprint density at radius 3 is 2.57 bits per heavy atom. The molecule has 2 fully saturated rings. The molecule has 1 aliphatic carbocycles. The van der Waals surface area contributed by atoms with Crippen molar-refractivity contribution in [2.75, 3.05) is 6.61 Å². The number of aliphatic hydroxyl groups excluding tert-OH is 4. The second kappa shape index (κ2) is 7.72. The molecule has 0 aromatic rings. The number of Topliss-reactive ketones (excluding diaryl/α,β-unsaturated/α-hetero) is 1. The van der Waals surface area contributed by atoms with Gasteiger partial charge in [0, 0.05) is 12.3 Å². The van der Waals surface area contributed by atoms with Crippen LogP contribution in [0.25, 0.3) is 0 Å². The van der Waals surface area contributed by atoms with Crippen molar-refractivity contribution in [1.82, 2.24) is 0 Å². The van der Waals surface area contributed by atoms with Crippen LogP contribution in [0.1, 0.15) is 33.1 Å². The van der Waals surface area contributed by atoms with Gasteiger partial charge in [-0.2, -0.15) is 0 Å². The second-order valence-corrected chi connectivity index (χ2v) is 6.60. The molecule has 1 saturated carbocycles. The summed E-state index contributed by atoms with van der Waals surface area (Å²) in [5.74, 6) is 0.379. The molecule has 23 heavy (non-hydrogen) atoms. The number of ether oxygens (including phenoxy) is 2. The Balaban J connectivity index is 1.99. The molecule has 7 atom stereocenters. The van der Waals surface area contributed by atoms with Crippen LogP contribution in [0.2, 0.25) is 0 Å². The van der Waals surface area contributed by atoms with Crippen LogP contribution in [0, 0.1) is 11.8 Å². The zero-order valence-corrected chi connectivity index (χ0v) is 13.5. The first kappa shape index (κ1) is 18.4. The highest BCUT2D eigenvalue weighted by atomic mass is 16.7. The van der Waals surface area contributed by atoms with E-state index >= 15 is 0 Å². The summed E-state index contributed by atoms with van der Waals surface area (Å²) in [4.78, 5) is 12.1. The van der Waals surface area contributed by atoms with Crippen LogP contribution < -0.4 is 0 Å². The topological polar surface area (TPSA) is 116 Å². The van der Waals surface area contributed by atoms with Crippen molar-refractivity contribution in [3.63, 3.8) is 0 Å². The molecule has 2 aliphatic rings. The summed E-state index contributed by atoms with van der Waals surface area (Å²) in [6, 6.07) is 0. The molecule has 0 amide bonds. The van der Waals surface area contributed by atoms with E-state index in [1.54, 1.807) is 6.92 Å². The molecule has 0 radical (unpaired) electrons. The number of carbonyl (C=O) groups excluding carboxylic acids is 1. The third-order valence-electron chi connectivity index (χ3n) is 4.67. The third kappa shape index (κ3) is 4.10. The highest BCUT2D eigenvalue weighted by molar-refractivity contribution is 5.84. The SMILES string of the molecule is C/C(=C\O[C@@H]1O[C@H](CO)[C@@H](O)[C@H](O)[C@H]1O)[C@H]1CC[C@H](C)CC1=O. The van der Waals surface area contributed by atoms with Gasteiger partial charge in [0.05, 0.1) is 12.9 Å². The van der Waals surface area contributed by atoms with Gasteiger partial charge >= 0.3 is 0 Å². The minimum atomic E-state index is -1.48. The van der Waals surface area contributed by atoms with Gasteiger partial charge in [-0.15, -0.1) is 0 Å². The van der Waals surface area contributed by atoms with Crippen molar-refractivity contribution in [3.05, 3.63) is 11.8 Å². The van der Waals surface area contributed by atoms with Gasteiger partial charge < -0.3 is 29.9 Å². The maximum absolute atomic E-state index is 12.1. The summed E-state index contributed by atoms with van der Waals surface area (Å²) in [6.07, 6.45) is -2.90. The van der Waals surface area contributed by atoms with E-state index in [0.29, 0.717) is 12.3 Å². The van der Waals surface area contributed by atoms with Gasteiger partial charge in [-0.25, -0.2) is 0 Å². The molecule has 2 rings (SSSR count). The van der Waals surface area contributed by atoms with E-state index in [0.717, 1.165) is 18.4 Å². The van der Waals surface area contributed by atoms with Gasteiger partial charge in [-0.05, 0) is 31.3 Å². The van der Waals surface area contributed by atoms with Gasteiger partial charge in [-0.1, -0.05) is 6.92 Å². The standard InChI is InChI=1S/C16H26O7/c1-8-3-4-10(11(18)5-8)9(2)7-22-16-15(21)14(20)13(19)12(6-17)23-16/h7-8,10,12-17,19-21H,3-6H2,1-2H3/b9-7+/t8-,10+,12+,13+,14-,15+,16+/m0/s1. The molecule has 7 heteroatoms. The number of hydrogen-bond acceptors (Lipinski definition) is 7. The minimum Gasteiger partial charge on any atom is -0.470 e. The summed E-state index contributed by atoms with van der Waals surface area (Å²) in [6.45, 7) is 3.33. The fourth-order valence-electron chi connectivity index (χ4n) is 3.12. The van der Waals surface area contributed by atoms with E-state index in [-0.39, 0.29) is 11.7 Å². The van der Waals surface area contributed by atoms with E-state index < -0.39 is 37.3 Å². The van der Waals surface area contributed by atoms with Crippen molar-refractivity contribution in [3.8, 4) is 0 Å². The van der Waals surface area contributed by atoms with Crippen molar-refractivity contribution in [1.29, 1.82) is 0 Å².